The number of sulfonamides is 1. The van der Waals surface area contributed by atoms with Gasteiger partial charge in [-0.15, -0.1) is 11.3 Å². The quantitative estimate of drug-likeness (QED) is 0.857. The largest absolute Gasteiger partial charge is 0.353 e. The van der Waals surface area contributed by atoms with Crippen LogP contribution in [0.15, 0.2) is 21.7 Å². The number of hydrogen-bond donors (Lipinski definition) is 1. The molecule has 1 N–H and O–H groups in total. The van der Waals surface area contributed by atoms with Gasteiger partial charge in [0.25, 0.3) is 10.0 Å². The molecule has 1 saturated heterocycles. The lowest BCUT2D eigenvalue weighted by molar-refractivity contribution is -0.123. The molecule has 0 atom stereocenters. The Morgan fingerprint density at radius 1 is 1.33 bits per heavy atom. The molecule has 2 heterocycles. The average molecular weight is 331 g/mol. The highest BCUT2D eigenvalue weighted by molar-refractivity contribution is 7.91. The molecule has 0 saturated carbocycles. The van der Waals surface area contributed by atoms with E-state index in [4.69, 9.17) is 0 Å². The van der Waals surface area contributed by atoms with E-state index in [0.29, 0.717) is 36.9 Å². The lowest BCUT2D eigenvalue weighted by atomic mass is 10.3. The molecule has 1 aromatic heterocycles. The third-order valence-electron chi connectivity index (χ3n) is 3.24. The van der Waals surface area contributed by atoms with Crippen molar-refractivity contribution in [2.45, 2.75) is 24.1 Å². The minimum atomic E-state index is -3.36. The maximum Gasteiger partial charge on any atom is 0.252 e. The molecule has 1 aliphatic rings. The van der Waals surface area contributed by atoms with Gasteiger partial charge in [0.2, 0.25) is 5.91 Å². The van der Waals surface area contributed by atoms with Crippen molar-refractivity contribution in [3.05, 3.63) is 17.5 Å². The topological polar surface area (TPSA) is 69.7 Å². The summed E-state index contributed by atoms with van der Waals surface area (Å²) in [6.45, 7) is 6.18. The van der Waals surface area contributed by atoms with Gasteiger partial charge < -0.3 is 5.32 Å². The monoisotopic (exact) mass is 331 g/mol. The third-order valence-corrected chi connectivity index (χ3v) is 6.51. The van der Waals surface area contributed by atoms with Crippen molar-refractivity contribution in [2.24, 2.45) is 0 Å². The molecule has 0 bridgehead atoms. The molecule has 1 aliphatic heterocycles. The van der Waals surface area contributed by atoms with Gasteiger partial charge in [-0.25, -0.2) is 8.42 Å². The Morgan fingerprint density at radius 2 is 2.00 bits per heavy atom. The fourth-order valence-corrected chi connectivity index (χ4v) is 4.80. The van der Waals surface area contributed by atoms with Gasteiger partial charge in [-0.1, -0.05) is 6.07 Å². The van der Waals surface area contributed by atoms with Gasteiger partial charge in [0.1, 0.15) is 4.21 Å². The van der Waals surface area contributed by atoms with E-state index in [1.165, 1.54) is 15.6 Å². The molecule has 0 spiro atoms. The number of nitrogens with zero attached hydrogens (tertiary/aromatic N) is 2. The van der Waals surface area contributed by atoms with Crippen LogP contribution in [0.4, 0.5) is 0 Å². The highest BCUT2D eigenvalue weighted by Crippen LogP contribution is 2.21. The van der Waals surface area contributed by atoms with E-state index < -0.39 is 10.0 Å². The number of amides is 1. The van der Waals surface area contributed by atoms with Gasteiger partial charge in [0.15, 0.2) is 0 Å². The number of rotatable bonds is 5. The first-order chi connectivity index (χ1) is 9.89. The molecule has 1 aromatic rings. The fraction of sp³-hybridized carbons (Fsp3) is 0.615. The summed E-state index contributed by atoms with van der Waals surface area (Å²) in [4.78, 5) is 13.7. The van der Waals surface area contributed by atoms with Crippen LogP contribution in [0, 0.1) is 0 Å². The summed E-state index contributed by atoms with van der Waals surface area (Å²) in [7, 11) is -3.36. The molecule has 0 radical (unpaired) electrons. The Labute approximate surface area is 129 Å². The van der Waals surface area contributed by atoms with Crippen molar-refractivity contribution in [1.29, 1.82) is 0 Å². The van der Waals surface area contributed by atoms with Gasteiger partial charge in [-0.3, -0.25) is 9.69 Å². The molecule has 6 nitrogen and oxygen atoms in total. The van der Waals surface area contributed by atoms with E-state index in [-0.39, 0.29) is 11.9 Å². The predicted octanol–water partition coefficient (Wildman–Crippen LogP) is 0.579. The molecule has 2 rings (SSSR count). The van der Waals surface area contributed by atoms with Crippen LogP contribution in [-0.4, -0.2) is 62.3 Å². The number of nitrogens with one attached hydrogen (secondary N) is 1. The van der Waals surface area contributed by atoms with Crippen LogP contribution in [0.5, 0.6) is 0 Å². The Balaban J connectivity index is 1.88. The van der Waals surface area contributed by atoms with Crippen molar-refractivity contribution in [3.8, 4) is 0 Å². The number of carbonyl (C=O) groups is 1. The molecule has 1 amide bonds. The molecule has 0 aromatic carbocycles. The van der Waals surface area contributed by atoms with Crippen LogP contribution in [0.1, 0.15) is 13.8 Å². The van der Waals surface area contributed by atoms with Crippen molar-refractivity contribution in [3.63, 3.8) is 0 Å². The summed E-state index contributed by atoms with van der Waals surface area (Å²) in [5.74, 6) is -0.0143. The van der Waals surface area contributed by atoms with E-state index in [1.807, 2.05) is 18.7 Å². The van der Waals surface area contributed by atoms with Crippen LogP contribution in [-0.2, 0) is 14.8 Å². The first-order valence-electron chi connectivity index (χ1n) is 6.95. The Hall–Kier alpha value is -0.960. The molecule has 0 aliphatic carbocycles. The van der Waals surface area contributed by atoms with E-state index in [0.717, 1.165) is 0 Å². The number of hydrogen-bond acceptors (Lipinski definition) is 5. The molecular weight excluding hydrogens is 310 g/mol. The minimum absolute atomic E-state index is 0.0143. The van der Waals surface area contributed by atoms with Crippen molar-refractivity contribution >= 4 is 27.3 Å². The smallest absolute Gasteiger partial charge is 0.252 e. The van der Waals surface area contributed by atoms with Crippen LogP contribution < -0.4 is 5.32 Å². The summed E-state index contributed by atoms with van der Waals surface area (Å²) in [6, 6.07) is 3.49. The van der Waals surface area contributed by atoms with Gasteiger partial charge in [-0.2, -0.15) is 4.31 Å². The second-order valence-corrected chi connectivity index (χ2v) is 8.45. The predicted molar refractivity (Wildman–Crippen MR) is 82.8 cm³/mol. The van der Waals surface area contributed by atoms with E-state index in [9.17, 15) is 13.2 Å². The van der Waals surface area contributed by atoms with Gasteiger partial charge in [0.05, 0.1) is 6.54 Å². The van der Waals surface area contributed by atoms with Crippen LogP contribution in [0.2, 0.25) is 0 Å². The van der Waals surface area contributed by atoms with Gasteiger partial charge in [0, 0.05) is 32.2 Å². The molecule has 1 fully saturated rings. The van der Waals surface area contributed by atoms with Crippen molar-refractivity contribution < 1.29 is 13.2 Å². The van der Waals surface area contributed by atoms with Crippen LogP contribution in [0.25, 0.3) is 0 Å². The zero-order valence-electron chi connectivity index (χ0n) is 12.3. The zero-order chi connectivity index (χ0) is 15.5. The molecule has 0 unspecified atom stereocenters. The molecular formula is C13H21N3O3S2. The summed E-state index contributed by atoms with van der Waals surface area (Å²) in [5.41, 5.74) is 0. The van der Waals surface area contributed by atoms with Crippen LogP contribution in [0.3, 0.4) is 0 Å². The summed E-state index contributed by atoms with van der Waals surface area (Å²) in [6.07, 6.45) is 0. The lowest BCUT2D eigenvalue weighted by Gasteiger charge is -2.33. The highest BCUT2D eigenvalue weighted by Gasteiger charge is 2.29. The average Bonchev–Trinajstić information content (AvgIpc) is 2.92. The Kier molecular flexibility index (Phi) is 5.37. The summed E-state index contributed by atoms with van der Waals surface area (Å²) in [5, 5.41) is 4.61. The Bertz CT molecular complexity index is 561. The summed E-state index contributed by atoms with van der Waals surface area (Å²) >= 11 is 1.23. The molecule has 8 heteroatoms. The number of piperazine rings is 1. The number of carbonyl (C=O) groups excluding carboxylic acids is 1. The summed E-state index contributed by atoms with van der Waals surface area (Å²) < 4.78 is 26.6. The van der Waals surface area contributed by atoms with Gasteiger partial charge >= 0.3 is 0 Å². The minimum Gasteiger partial charge on any atom is -0.353 e. The van der Waals surface area contributed by atoms with Gasteiger partial charge in [-0.05, 0) is 25.3 Å². The fourth-order valence-electron chi connectivity index (χ4n) is 2.24. The lowest BCUT2D eigenvalue weighted by Crippen LogP contribution is -2.51. The second-order valence-electron chi connectivity index (χ2n) is 5.33. The van der Waals surface area contributed by atoms with E-state index in [2.05, 4.69) is 5.32 Å². The number of thiophene rings is 1. The van der Waals surface area contributed by atoms with Crippen LogP contribution >= 0.6 is 11.3 Å². The normalized spacial score (nSPS) is 18.0. The highest BCUT2D eigenvalue weighted by atomic mass is 32.2. The maximum atomic E-state index is 12.4. The molecule has 21 heavy (non-hydrogen) atoms. The standard InChI is InChI=1S/C13H21N3O3S2/c1-11(2)14-12(17)10-15-5-7-16(8-6-15)21(18,19)13-4-3-9-20-13/h3-4,9,11H,5-8,10H2,1-2H3,(H,14,17). The maximum absolute atomic E-state index is 12.4. The molecule has 118 valence electrons. The van der Waals surface area contributed by atoms with E-state index >= 15 is 0 Å². The SMILES string of the molecule is CC(C)NC(=O)CN1CCN(S(=O)(=O)c2cccs2)CC1. The first kappa shape index (κ1) is 16.4. The van der Waals surface area contributed by atoms with E-state index in [1.54, 1.807) is 17.5 Å². The first-order valence-corrected chi connectivity index (χ1v) is 9.27. The third kappa shape index (κ3) is 4.26. The Morgan fingerprint density at radius 3 is 2.52 bits per heavy atom. The van der Waals surface area contributed by atoms with Crippen molar-refractivity contribution in [1.82, 2.24) is 14.5 Å². The van der Waals surface area contributed by atoms with Crippen molar-refractivity contribution in [2.75, 3.05) is 32.7 Å². The second kappa shape index (κ2) is 6.87. The zero-order valence-corrected chi connectivity index (χ0v) is 13.9.